The third kappa shape index (κ3) is 7.69. The van der Waals surface area contributed by atoms with Gasteiger partial charge in [0.1, 0.15) is 6.17 Å². The lowest BCUT2D eigenvalue weighted by Crippen LogP contribution is -2.55. The Morgan fingerprint density at radius 3 is 1.83 bits per heavy atom. The maximum absolute atomic E-state index is 11.1. The molecule has 1 rings (SSSR count). The minimum Gasteiger partial charge on any atom is -0.339 e. The molecule has 0 bridgehead atoms. The van der Waals surface area contributed by atoms with E-state index in [4.69, 9.17) is 47.0 Å². The third-order valence-corrected chi connectivity index (χ3v) is 3.29. The van der Waals surface area contributed by atoms with E-state index in [9.17, 15) is 9.59 Å². The van der Waals surface area contributed by atoms with E-state index in [1.54, 1.807) is 24.3 Å². The number of anilines is 2. The Bertz CT molecular complexity index is 590. The van der Waals surface area contributed by atoms with Crippen molar-refractivity contribution in [2.45, 2.75) is 23.8 Å². The predicted molar refractivity (Wildman–Crippen MR) is 98.0 cm³/mol. The second-order valence-corrected chi connectivity index (χ2v) is 7.31. The zero-order chi connectivity index (χ0) is 17.6. The van der Waals surface area contributed by atoms with Crippen molar-refractivity contribution in [2.75, 3.05) is 10.6 Å². The Labute approximate surface area is 154 Å². The Morgan fingerprint density at radius 1 is 0.957 bits per heavy atom. The summed E-state index contributed by atoms with van der Waals surface area (Å²) in [5.74, 6) is -0.542. The number of halogens is 3. The van der Waals surface area contributed by atoms with Crippen molar-refractivity contribution in [3.8, 4) is 0 Å². The first-order valence-electron chi connectivity index (χ1n) is 6.37. The molecule has 0 aliphatic heterocycles. The van der Waals surface area contributed by atoms with Crippen LogP contribution in [0.15, 0.2) is 24.3 Å². The summed E-state index contributed by atoms with van der Waals surface area (Å²) in [6, 6.07) is 6.82. The number of rotatable bonds is 4. The van der Waals surface area contributed by atoms with Crippen molar-refractivity contribution < 1.29 is 9.59 Å². The van der Waals surface area contributed by atoms with Crippen molar-refractivity contribution in [1.82, 2.24) is 10.6 Å². The van der Waals surface area contributed by atoms with Crippen LogP contribution < -0.4 is 21.3 Å². The van der Waals surface area contributed by atoms with Gasteiger partial charge in [-0.3, -0.25) is 9.59 Å². The lowest BCUT2D eigenvalue weighted by atomic mass is 10.3. The number of alkyl halides is 3. The smallest absolute Gasteiger partial charge is 0.228 e. The van der Waals surface area contributed by atoms with Crippen molar-refractivity contribution in [3.63, 3.8) is 0 Å². The molecule has 0 spiro atoms. The quantitative estimate of drug-likeness (QED) is 0.357. The van der Waals surface area contributed by atoms with Gasteiger partial charge in [-0.25, -0.2) is 0 Å². The van der Waals surface area contributed by atoms with Gasteiger partial charge in [-0.05, 0) is 36.5 Å². The molecule has 2 amide bonds. The summed E-state index contributed by atoms with van der Waals surface area (Å²) >= 11 is 22.5. The molecule has 0 aromatic heterocycles. The Morgan fingerprint density at radius 2 is 1.43 bits per heavy atom. The monoisotopic (exact) mass is 396 g/mol. The largest absolute Gasteiger partial charge is 0.339 e. The zero-order valence-corrected chi connectivity index (χ0v) is 15.3. The lowest BCUT2D eigenvalue weighted by molar-refractivity contribution is -0.119. The van der Waals surface area contributed by atoms with Crippen LogP contribution in [0.5, 0.6) is 0 Å². The summed E-state index contributed by atoms with van der Waals surface area (Å²) in [4.78, 5) is 22.1. The summed E-state index contributed by atoms with van der Waals surface area (Å²) < 4.78 is -1.79. The second-order valence-electron chi connectivity index (χ2n) is 4.53. The molecule has 0 fully saturated rings. The van der Waals surface area contributed by atoms with Crippen LogP contribution in [-0.2, 0) is 9.59 Å². The van der Waals surface area contributed by atoms with Gasteiger partial charge in [-0.1, -0.05) is 34.8 Å². The van der Waals surface area contributed by atoms with E-state index in [1.165, 1.54) is 13.8 Å². The van der Waals surface area contributed by atoms with Gasteiger partial charge in [-0.15, -0.1) is 0 Å². The predicted octanol–water partition coefficient (Wildman–Crippen LogP) is 2.76. The van der Waals surface area contributed by atoms with Gasteiger partial charge in [0.15, 0.2) is 5.11 Å². The fourth-order valence-electron chi connectivity index (χ4n) is 1.54. The normalized spacial score (nSPS) is 12.0. The lowest BCUT2D eigenvalue weighted by Gasteiger charge is -2.27. The Balaban J connectivity index is 2.67. The number of nitrogens with one attached hydrogen (secondary N) is 4. The number of hydrogen-bond acceptors (Lipinski definition) is 3. The topological polar surface area (TPSA) is 82.3 Å². The van der Waals surface area contributed by atoms with Crippen LogP contribution in [-0.4, -0.2) is 26.9 Å². The van der Waals surface area contributed by atoms with Gasteiger partial charge in [-0.2, -0.15) is 0 Å². The van der Waals surface area contributed by atoms with E-state index < -0.39 is 9.96 Å². The van der Waals surface area contributed by atoms with Crippen molar-refractivity contribution >= 4 is 75.3 Å². The first-order chi connectivity index (χ1) is 10.6. The highest BCUT2D eigenvalue weighted by Gasteiger charge is 2.33. The fraction of sp³-hybridized carbons (Fsp3) is 0.308. The standard InChI is InChI=1S/C13H15Cl3N4O2S/c1-7(21)17-9-3-5-10(6-4-9)19-12(23)20-11(13(14,15)16)18-8(2)22/h3-6,11H,1-2H3,(H,17,21)(H,18,22)(H2,19,20,23)/t11-/m0/s1. The Hall–Kier alpha value is -1.28. The molecule has 0 aliphatic carbocycles. The summed E-state index contributed by atoms with van der Waals surface area (Å²) in [7, 11) is 0. The van der Waals surface area contributed by atoms with Crippen molar-refractivity contribution in [1.29, 1.82) is 0 Å². The highest BCUT2D eigenvalue weighted by molar-refractivity contribution is 7.80. The molecular weight excluding hydrogens is 383 g/mol. The molecular formula is C13H15Cl3N4O2S. The minimum absolute atomic E-state index is 0.155. The molecule has 0 unspecified atom stereocenters. The highest BCUT2D eigenvalue weighted by atomic mass is 35.6. The maximum Gasteiger partial charge on any atom is 0.228 e. The van der Waals surface area contributed by atoms with Crippen molar-refractivity contribution in [2.24, 2.45) is 0 Å². The van der Waals surface area contributed by atoms with E-state index in [0.717, 1.165) is 0 Å². The third-order valence-electron chi connectivity index (χ3n) is 2.41. The first kappa shape index (κ1) is 19.8. The molecule has 6 nitrogen and oxygen atoms in total. The van der Waals surface area contributed by atoms with E-state index in [0.29, 0.717) is 11.4 Å². The fourth-order valence-corrected chi connectivity index (χ4v) is 2.10. The van der Waals surface area contributed by atoms with Crippen LogP contribution in [0.1, 0.15) is 13.8 Å². The van der Waals surface area contributed by atoms with Crippen LogP contribution in [0, 0.1) is 0 Å². The van der Waals surface area contributed by atoms with Gasteiger partial charge in [0.25, 0.3) is 0 Å². The summed E-state index contributed by atoms with van der Waals surface area (Å²) in [6.07, 6.45) is -0.997. The first-order valence-corrected chi connectivity index (χ1v) is 7.91. The molecule has 4 N–H and O–H groups in total. The van der Waals surface area contributed by atoms with E-state index in [2.05, 4.69) is 21.3 Å². The molecule has 23 heavy (non-hydrogen) atoms. The van der Waals surface area contributed by atoms with Gasteiger partial charge >= 0.3 is 0 Å². The molecule has 1 aromatic carbocycles. The van der Waals surface area contributed by atoms with Gasteiger partial charge in [0, 0.05) is 25.2 Å². The number of hydrogen-bond donors (Lipinski definition) is 4. The van der Waals surface area contributed by atoms with Crippen LogP contribution in [0.3, 0.4) is 0 Å². The van der Waals surface area contributed by atoms with Crippen LogP contribution >= 0.6 is 47.0 Å². The van der Waals surface area contributed by atoms with Gasteiger partial charge in [0.05, 0.1) is 0 Å². The molecule has 0 saturated carbocycles. The van der Waals surface area contributed by atoms with E-state index >= 15 is 0 Å². The Kier molecular flexibility index (Phi) is 7.34. The van der Waals surface area contributed by atoms with Gasteiger partial charge in [0.2, 0.25) is 15.6 Å². The molecule has 1 aromatic rings. The number of thiocarbonyl (C=S) groups is 1. The van der Waals surface area contributed by atoms with Crippen LogP contribution in [0.2, 0.25) is 0 Å². The average Bonchev–Trinajstić information content (AvgIpc) is 2.38. The molecule has 126 valence electrons. The molecule has 0 radical (unpaired) electrons. The summed E-state index contributed by atoms with van der Waals surface area (Å²) in [6.45, 7) is 2.71. The average molecular weight is 398 g/mol. The maximum atomic E-state index is 11.1. The number of amides is 2. The molecule has 0 saturated heterocycles. The van der Waals surface area contributed by atoms with Gasteiger partial charge < -0.3 is 21.3 Å². The van der Waals surface area contributed by atoms with Crippen LogP contribution in [0.4, 0.5) is 11.4 Å². The van der Waals surface area contributed by atoms with Crippen LogP contribution in [0.25, 0.3) is 0 Å². The summed E-state index contributed by atoms with van der Waals surface area (Å²) in [5.41, 5.74) is 1.31. The zero-order valence-electron chi connectivity index (χ0n) is 12.2. The molecule has 0 heterocycles. The van der Waals surface area contributed by atoms with Crippen molar-refractivity contribution in [3.05, 3.63) is 24.3 Å². The SMILES string of the molecule is CC(=O)Nc1ccc(NC(=S)N[C@H](NC(C)=O)C(Cl)(Cl)Cl)cc1. The van der Waals surface area contributed by atoms with E-state index in [1.807, 2.05) is 0 Å². The number of carbonyl (C=O) groups excluding carboxylic acids is 2. The molecule has 1 atom stereocenters. The van der Waals surface area contributed by atoms with E-state index in [-0.39, 0.29) is 16.9 Å². The number of benzene rings is 1. The molecule has 10 heteroatoms. The molecule has 0 aliphatic rings. The number of carbonyl (C=O) groups is 2. The summed E-state index contributed by atoms with van der Waals surface area (Å²) in [5, 5.41) is 10.8. The highest BCUT2D eigenvalue weighted by Crippen LogP contribution is 2.29. The second kappa shape index (κ2) is 8.54. The minimum atomic E-state index is -1.79.